The summed E-state index contributed by atoms with van der Waals surface area (Å²) in [6, 6.07) is 25.4. The molecular formula is C21H18N4O2S. The lowest BCUT2D eigenvalue weighted by Crippen LogP contribution is -2.02. The third kappa shape index (κ3) is 3.99. The number of rotatable bonds is 7. The smallest absolute Gasteiger partial charge is 0.214 e. The SMILES string of the molecule is COc1ccccc1-n1nnnc1SCc1ccccc1Oc1ccccc1. The van der Waals surface area contributed by atoms with E-state index >= 15 is 0 Å². The first-order valence-electron chi connectivity index (χ1n) is 8.70. The van der Waals surface area contributed by atoms with E-state index in [1.807, 2.05) is 78.9 Å². The van der Waals surface area contributed by atoms with Gasteiger partial charge in [-0.05, 0) is 40.8 Å². The predicted octanol–water partition coefficient (Wildman–Crippen LogP) is 4.76. The Balaban J connectivity index is 1.55. The van der Waals surface area contributed by atoms with Gasteiger partial charge in [0.1, 0.15) is 22.9 Å². The highest BCUT2D eigenvalue weighted by molar-refractivity contribution is 7.98. The number of tetrazole rings is 1. The van der Waals surface area contributed by atoms with Crippen LogP contribution in [0.5, 0.6) is 17.2 Å². The minimum absolute atomic E-state index is 0.665. The van der Waals surface area contributed by atoms with Crippen LogP contribution in [0.3, 0.4) is 0 Å². The van der Waals surface area contributed by atoms with E-state index in [4.69, 9.17) is 9.47 Å². The van der Waals surface area contributed by atoms with Crippen LogP contribution in [0.1, 0.15) is 5.56 Å². The first-order valence-corrected chi connectivity index (χ1v) is 9.69. The second kappa shape index (κ2) is 8.58. The Morgan fingerprint density at radius 2 is 1.57 bits per heavy atom. The van der Waals surface area contributed by atoms with Crippen LogP contribution in [-0.4, -0.2) is 27.3 Å². The molecule has 6 nitrogen and oxygen atoms in total. The van der Waals surface area contributed by atoms with E-state index in [1.54, 1.807) is 11.8 Å². The quantitative estimate of drug-likeness (QED) is 0.424. The standard InChI is InChI=1S/C21H18N4O2S/c1-26-20-14-8-6-12-18(20)25-21(22-23-24-25)28-15-16-9-5-7-13-19(16)27-17-10-3-2-4-11-17/h2-14H,15H2,1H3. The van der Waals surface area contributed by atoms with Crippen molar-refractivity contribution in [3.05, 3.63) is 84.4 Å². The monoisotopic (exact) mass is 390 g/mol. The number of hydrogen-bond donors (Lipinski definition) is 0. The molecule has 0 atom stereocenters. The molecule has 0 aliphatic heterocycles. The molecule has 4 aromatic rings. The van der Waals surface area contributed by atoms with Crippen molar-refractivity contribution in [3.63, 3.8) is 0 Å². The molecule has 0 radical (unpaired) electrons. The van der Waals surface area contributed by atoms with Gasteiger partial charge >= 0.3 is 0 Å². The van der Waals surface area contributed by atoms with E-state index in [1.165, 1.54) is 11.8 Å². The molecule has 0 N–H and O–H groups in total. The van der Waals surface area contributed by atoms with E-state index in [9.17, 15) is 0 Å². The molecule has 0 aliphatic rings. The molecule has 28 heavy (non-hydrogen) atoms. The average molecular weight is 390 g/mol. The first-order chi connectivity index (χ1) is 13.8. The zero-order valence-electron chi connectivity index (χ0n) is 15.2. The van der Waals surface area contributed by atoms with Gasteiger partial charge in [-0.15, -0.1) is 5.10 Å². The molecule has 0 aliphatic carbocycles. The summed E-state index contributed by atoms with van der Waals surface area (Å²) in [5.41, 5.74) is 1.86. The van der Waals surface area contributed by atoms with E-state index in [0.29, 0.717) is 16.7 Å². The summed E-state index contributed by atoms with van der Waals surface area (Å²) in [6.45, 7) is 0. The van der Waals surface area contributed by atoms with Crippen LogP contribution in [-0.2, 0) is 5.75 Å². The van der Waals surface area contributed by atoms with Gasteiger partial charge in [0.05, 0.1) is 7.11 Å². The molecule has 0 bridgehead atoms. The van der Waals surface area contributed by atoms with Crippen LogP contribution in [0.25, 0.3) is 5.69 Å². The summed E-state index contributed by atoms with van der Waals surface area (Å²) in [5.74, 6) is 3.00. The van der Waals surface area contributed by atoms with Crippen LogP contribution in [0, 0.1) is 0 Å². The van der Waals surface area contributed by atoms with Gasteiger partial charge in [0.25, 0.3) is 0 Å². The molecule has 0 saturated carbocycles. The lowest BCUT2D eigenvalue weighted by Gasteiger charge is -2.11. The van der Waals surface area contributed by atoms with Crippen LogP contribution in [0.15, 0.2) is 84.0 Å². The van der Waals surface area contributed by atoms with Crippen molar-refractivity contribution in [3.8, 4) is 22.9 Å². The van der Waals surface area contributed by atoms with Gasteiger partial charge in [-0.2, -0.15) is 4.68 Å². The maximum atomic E-state index is 6.04. The molecule has 0 spiro atoms. The molecule has 140 valence electrons. The summed E-state index contributed by atoms with van der Waals surface area (Å²) in [7, 11) is 1.63. The van der Waals surface area contributed by atoms with Crippen molar-refractivity contribution in [1.29, 1.82) is 0 Å². The van der Waals surface area contributed by atoms with Crippen molar-refractivity contribution in [1.82, 2.24) is 20.2 Å². The molecule has 4 rings (SSSR count). The Hall–Kier alpha value is -3.32. The number of hydrogen-bond acceptors (Lipinski definition) is 6. The zero-order chi connectivity index (χ0) is 19.2. The Morgan fingerprint density at radius 1 is 0.857 bits per heavy atom. The van der Waals surface area contributed by atoms with Gasteiger partial charge in [-0.25, -0.2) is 0 Å². The number of aromatic nitrogens is 4. The summed E-state index contributed by atoms with van der Waals surface area (Å²) in [6.07, 6.45) is 0. The number of methoxy groups -OCH3 is 1. The maximum Gasteiger partial charge on any atom is 0.214 e. The number of benzene rings is 3. The minimum atomic E-state index is 0.665. The van der Waals surface area contributed by atoms with Gasteiger partial charge < -0.3 is 9.47 Å². The Morgan fingerprint density at radius 3 is 2.39 bits per heavy atom. The molecule has 1 heterocycles. The normalized spacial score (nSPS) is 10.6. The van der Waals surface area contributed by atoms with Crippen molar-refractivity contribution in [2.45, 2.75) is 10.9 Å². The van der Waals surface area contributed by atoms with Crippen molar-refractivity contribution in [2.75, 3.05) is 7.11 Å². The molecule has 0 fully saturated rings. The maximum absolute atomic E-state index is 6.04. The van der Waals surface area contributed by atoms with Gasteiger partial charge in [-0.3, -0.25) is 0 Å². The van der Waals surface area contributed by atoms with E-state index in [0.717, 1.165) is 22.7 Å². The molecule has 0 unspecified atom stereocenters. The van der Waals surface area contributed by atoms with E-state index in [-0.39, 0.29) is 0 Å². The third-order valence-corrected chi connectivity index (χ3v) is 5.02. The van der Waals surface area contributed by atoms with Gasteiger partial charge in [-0.1, -0.05) is 60.3 Å². The third-order valence-electron chi connectivity index (χ3n) is 4.05. The summed E-state index contributed by atoms with van der Waals surface area (Å²) < 4.78 is 13.2. The Bertz CT molecular complexity index is 1050. The summed E-state index contributed by atoms with van der Waals surface area (Å²) in [5, 5.41) is 12.8. The topological polar surface area (TPSA) is 62.1 Å². The summed E-state index contributed by atoms with van der Waals surface area (Å²) >= 11 is 1.54. The Labute approximate surface area is 167 Å². The van der Waals surface area contributed by atoms with Gasteiger partial charge in [0.2, 0.25) is 5.16 Å². The second-order valence-electron chi connectivity index (χ2n) is 5.86. The lowest BCUT2D eigenvalue weighted by molar-refractivity contribution is 0.410. The molecule has 0 amide bonds. The van der Waals surface area contributed by atoms with Crippen LogP contribution >= 0.6 is 11.8 Å². The van der Waals surface area contributed by atoms with Crippen LogP contribution < -0.4 is 9.47 Å². The lowest BCUT2D eigenvalue weighted by atomic mass is 10.2. The molecule has 0 saturated heterocycles. The number of nitrogens with zero attached hydrogens (tertiary/aromatic N) is 4. The molecule has 3 aromatic carbocycles. The minimum Gasteiger partial charge on any atom is -0.494 e. The average Bonchev–Trinajstić information content (AvgIpc) is 3.22. The highest BCUT2D eigenvalue weighted by Crippen LogP contribution is 2.31. The fourth-order valence-electron chi connectivity index (χ4n) is 2.71. The van der Waals surface area contributed by atoms with Crippen molar-refractivity contribution in [2.24, 2.45) is 0 Å². The summed E-state index contributed by atoms with van der Waals surface area (Å²) in [4.78, 5) is 0. The zero-order valence-corrected chi connectivity index (χ0v) is 16.0. The second-order valence-corrected chi connectivity index (χ2v) is 6.80. The first kappa shape index (κ1) is 18.1. The molecule has 1 aromatic heterocycles. The highest BCUT2D eigenvalue weighted by atomic mass is 32.2. The number of para-hydroxylation sites is 4. The largest absolute Gasteiger partial charge is 0.494 e. The molecule has 7 heteroatoms. The van der Waals surface area contributed by atoms with E-state index < -0.39 is 0 Å². The van der Waals surface area contributed by atoms with Crippen LogP contribution in [0.2, 0.25) is 0 Å². The molecular weight excluding hydrogens is 372 g/mol. The number of thioether (sulfide) groups is 1. The van der Waals surface area contributed by atoms with Gasteiger partial charge in [0.15, 0.2) is 0 Å². The van der Waals surface area contributed by atoms with Gasteiger partial charge in [0, 0.05) is 11.3 Å². The fraction of sp³-hybridized carbons (Fsp3) is 0.0952. The predicted molar refractivity (Wildman–Crippen MR) is 108 cm³/mol. The highest BCUT2D eigenvalue weighted by Gasteiger charge is 2.14. The number of ether oxygens (including phenoxy) is 2. The van der Waals surface area contributed by atoms with E-state index in [2.05, 4.69) is 15.5 Å². The fourth-order valence-corrected chi connectivity index (χ4v) is 3.58. The Kier molecular flexibility index (Phi) is 5.53. The van der Waals surface area contributed by atoms with Crippen molar-refractivity contribution < 1.29 is 9.47 Å². The van der Waals surface area contributed by atoms with Crippen molar-refractivity contribution >= 4 is 11.8 Å². The van der Waals surface area contributed by atoms with Crippen LogP contribution in [0.4, 0.5) is 0 Å².